The SMILES string of the molecule is COCC(N)C(=O)N1CCN(C(c2ccccc2)c2ccccc2)CC1.Cl.Cl. The summed E-state index contributed by atoms with van der Waals surface area (Å²) in [6, 6.07) is 20.7. The summed E-state index contributed by atoms with van der Waals surface area (Å²) in [4.78, 5) is 16.7. The quantitative estimate of drug-likeness (QED) is 0.772. The van der Waals surface area contributed by atoms with Crippen LogP contribution in [0.1, 0.15) is 17.2 Å². The number of methoxy groups -OCH3 is 1. The van der Waals surface area contributed by atoms with Gasteiger partial charge in [0.05, 0.1) is 12.6 Å². The molecule has 2 N–H and O–H groups in total. The van der Waals surface area contributed by atoms with Gasteiger partial charge in [0.25, 0.3) is 0 Å². The fourth-order valence-electron chi connectivity index (χ4n) is 3.57. The van der Waals surface area contributed by atoms with Crippen LogP contribution in [0.25, 0.3) is 0 Å². The second-order valence-electron chi connectivity index (χ2n) is 6.65. The van der Waals surface area contributed by atoms with Crippen LogP contribution in [0.4, 0.5) is 0 Å². The van der Waals surface area contributed by atoms with Crippen molar-refractivity contribution < 1.29 is 9.53 Å². The summed E-state index contributed by atoms with van der Waals surface area (Å²) in [5.74, 6) is -0.0255. The zero-order valence-corrected chi connectivity index (χ0v) is 17.7. The number of hydrogen-bond acceptors (Lipinski definition) is 4. The number of rotatable bonds is 6. The van der Waals surface area contributed by atoms with E-state index in [9.17, 15) is 4.79 Å². The predicted octanol–water partition coefficient (Wildman–Crippen LogP) is 2.74. The van der Waals surface area contributed by atoms with Crippen LogP contribution in [0.15, 0.2) is 60.7 Å². The standard InChI is InChI=1S/C21H27N3O2.2ClH/c1-26-16-19(22)21(25)24-14-12-23(13-15-24)20(17-8-4-2-5-9-17)18-10-6-3-7-11-18;;/h2-11,19-20H,12-16,22H2,1H3;2*1H. The second-order valence-corrected chi connectivity index (χ2v) is 6.65. The fraction of sp³-hybridized carbons (Fsp3) is 0.381. The largest absolute Gasteiger partial charge is 0.383 e. The monoisotopic (exact) mass is 425 g/mol. The van der Waals surface area contributed by atoms with E-state index < -0.39 is 6.04 Å². The topological polar surface area (TPSA) is 58.8 Å². The third-order valence-corrected chi connectivity index (χ3v) is 4.89. The highest BCUT2D eigenvalue weighted by Crippen LogP contribution is 2.29. The molecule has 0 bridgehead atoms. The van der Waals surface area contributed by atoms with E-state index in [0.29, 0.717) is 13.1 Å². The van der Waals surface area contributed by atoms with E-state index in [1.807, 2.05) is 17.0 Å². The van der Waals surface area contributed by atoms with Crippen LogP contribution in [0.3, 0.4) is 0 Å². The maximum atomic E-state index is 12.4. The Hall–Kier alpha value is -1.63. The predicted molar refractivity (Wildman–Crippen MR) is 117 cm³/mol. The van der Waals surface area contributed by atoms with Crippen LogP contribution in [0.2, 0.25) is 0 Å². The van der Waals surface area contributed by atoms with Crippen molar-refractivity contribution in [3.63, 3.8) is 0 Å². The molecule has 154 valence electrons. The minimum atomic E-state index is -0.578. The summed E-state index contributed by atoms with van der Waals surface area (Å²) >= 11 is 0. The van der Waals surface area contributed by atoms with Crippen molar-refractivity contribution in [2.24, 2.45) is 5.73 Å². The van der Waals surface area contributed by atoms with Gasteiger partial charge in [-0.15, -0.1) is 24.8 Å². The summed E-state index contributed by atoms with van der Waals surface area (Å²) in [5, 5.41) is 0. The lowest BCUT2D eigenvalue weighted by molar-refractivity contribution is -0.135. The van der Waals surface area contributed by atoms with E-state index in [-0.39, 0.29) is 43.4 Å². The normalized spacial score (nSPS) is 15.5. The van der Waals surface area contributed by atoms with Gasteiger partial charge in [-0.05, 0) is 11.1 Å². The Bertz CT molecular complexity index is 656. The Morgan fingerprint density at radius 2 is 1.39 bits per heavy atom. The highest BCUT2D eigenvalue weighted by molar-refractivity contribution is 5.85. The third kappa shape index (κ3) is 5.93. The zero-order chi connectivity index (χ0) is 18.4. The number of ether oxygens (including phenoxy) is 1. The number of carbonyl (C=O) groups excluding carboxylic acids is 1. The molecule has 5 nitrogen and oxygen atoms in total. The van der Waals surface area contributed by atoms with Crippen molar-refractivity contribution in [1.29, 1.82) is 0 Å². The van der Waals surface area contributed by atoms with Crippen molar-refractivity contribution in [2.45, 2.75) is 12.1 Å². The molecule has 2 aromatic rings. The minimum Gasteiger partial charge on any atom is -0.383 e. The van der Waals surface area contributed by atoms with E-state index in [0.717, 1.165) is 13.1 Å². The van der Waals surface area contributed by atoms with Gasteiger partial charge < -0.3 is 15.4 Å². The number of amides is 1. The molecule has 7 heteroatoms. The Balaban J connectivity index is 0.00000196. The molecule has 1 atom stereocenters. The van der Waals surface area contributed by atoms with E-state index in [2.05, 4.69) is 53.4 Å². The van der Waals surface area contributed by atoms with Crippen molar-refractivity contribution in [3.8, 4) is 0 Å². The van der Waals surface area contributed by atoms with Gasteiger partial charge in [-0.25, -0.2) is 0 Å². The van der Waals surface area contributed by atoms with E-state index in [1.54, 1.807) is 7.11 Å². The molecular formula is C21H29Cl2N3O2. The fourth-order valence-corrected chi connectivity index (χ4v) is 3.57. The van der Waals surface area contributed by atoms with Crippen molar-refractivity contribution in [2.75, 3.05) is 39.9 Å². The maximum absolute atomic E-state index is 12.4. The van der Waals surface area contributed by atoms with Crippen LogP contribution in [-0.4, -0.2) is 61.6 Å². The molecule has 0 radical (unpaired) electrons. The lowest BCUT2D eigenvalue weighted by Crippen LogP contribution is -2.54. The molecule has 3 rings (SSSR count). The van der Waals surface area contributed by atoms with Crippen LogP contribution < -0.4 is 5.73 Å². The number of halogens is 2. The van der Waals surface area contributed by atoms with Crippen LogP contribution in [0, 0.1) is 0 Å². The first kappa shape index (κ1) is 24.4. The van der Waals surface area contributed by atoms with Gasteiger partial charge in [0, 0.05) is 33.3 Å². The van der Waals surface area contributed by atoms with Gasteiger partial charge in [0.15, 0.2) is 0 Å². The van der Waals surface area contributed by atoms with Crippen molar-refractivity contribution in [1.82, 2.24) is 9.80 Å². The van der Waals surface area contributed by atoms with Gasteiger partial charge >= 0.3 is 0 Å². The van der Waals surface area contributed by atoms with Gasteiger partial charge in [-0.3, -0.25) is 9.69 Å². The summed E-state index contributed by atoms with van der Waals surface area (Å²) < 4.78 is 5.01. The molecule has 1 aliphatic heterocycles. The lowest BCUT2D eigenvalue weighted by Gasteiger charge is -2.40. The smallest absolute Gasteiger partial charge is 0.241 e. The van der Waals surface area contributed by atoms with Gasteiger partial charge in [0.1, 0.15) is 6.04 Å². The van der Waals surface area contributed by atoms with Gasteiger partial charge in [0.2, 0.25) is 5.91 Å². The van der Waals surface area contributed by atoms with Crippen LogP contribution >= 0.6 is 24.8 Å². The Kier molecular flexibility index (Phi) is 10.5. The highest BCUT2D eigenvalue weighted by atomic mass is 35.5. The maximum Gasteiger partial charge on any atom is 0.241 e. The first-order valence-corrected chi connectivity index (χ1v) is 9.08. The van der Waals surface area contributed by atoms with Crippen molar-refractivity contribution >= 4 is 30.7 Å². The van der Waals surface area contributed by atoms with Gasteiger partial charge in [-0.2, -0.15) is 0 Å². The van der Waals surface area contributed by atoms with E-state index in [1.165, 1.54) is 11.1 Å². The minimum absolute atomic E-state index is 0. The molecule has 0 aliphatic carbocycles. The second kappa shape index (κ2) is 12.0. The molecule has 1 saturated heterocycles. The number of piperazine rings is 1. The summed E-state index contributed by atoms with van der Waals surface area (Å²) in [6.45, 7) is 3.27. The summed E-state index contributed by atoms with van der Waals surface area (Å²) in [5.41, 5.74) is 8.45. The first-order chi connectivity index (χ1) is 12.7. The molecule has 1 fully saturated rings. The van der Waals surface area contributed by atoms with Crippen LogP contribution in [-0.2, 0) is 9.53 Å². The molecule has 2 aromatic carbocycles. The average molecular weight is 426 g/mol. The number of hydrogen-bond donors (Lipinski definition) is 1. The zero-order valence-electron chi connectivity index (χ0n) is 16.1. The average Bonchev–Trinajstić information content (AvgIpc) is 2.70. The molecule has 0 saturated carbocycles. The molecular weight excluding hydrogens is 397 g/mol. The Morgan fingerprint density at radius 3 is 1.82 bits per heavy atom. The van der Waals surface area contributed by atoms with Crippen LogP contribution in [0.5, 0.6) is 0 Å². The number of nitrogens with two attached hydrogens (primary N) is 1. The highest BCUT2D eigenvalue weighted by Gasteiger charge is 2.29. The number of benzene rings is 2. The van der Waals surface area contributed by atoms with E-state index in [4.69, 9.17) is 10.5 Å². The summed E-state index contributed by atoms with van der Waals surface area (Å²) in [6.07, 6.45) is 0. The summed E-state index contributed by atoms with van der Waals surface area (Å²) in [7, 11) is 1.56. The number of carbonyl (C=O) groups is 1. The Morgan fingerprint density at radius 1 is 0.929 bits per heavy atom. The Labute approximate surface area is 179 Å². The molecule has 0 spiro atoms. The number of nitrogens with zero attached hydrogens (tertiary/aromatic N) is 2. The van der Waals surface area contributed by atoms with Crippen molar-refractivity contribution in [3.05, 3.63) is 71.8 Å². The molecule has 28 heavy (non-hydrogen) atoms. The van der Waals surface area contributed by atoms with E-state index >= 15 is 0 Å². The third-order valence-electron chi connectivity index (χ3n) is 4.89. The van der Waals surface area contributed by atoms with Gasteiger partial charge in [-0.1, -0.05) is 60.7 Å². The molecule has 1 heterocycles. The molecule has 1 amide bonds. The molecule has 1 aliphatic rings. The lowest BCUT2D eigenvalue weighted by atomic mass is 9.96. The molecule has 0 aromatic heterocycles. The molecule has 1 unspecified atom stereocenters. The first-order valence-electron chi connectivity index (χ1n) is 9.08.